The largest absolute Gasteiger partial charge is 0.357 e. The van der Waals surface area contributed by atoms with E-state index in [0.717, 1.165) is 13.1 Å². The first-order valence-corrected chi connectivity index (χ1v) is 7.04. The molecule has 0 aliphatic carbocycles. The second-order valence-corrected chi connectivity index (χ2v) is 4.67. The summed E-state index contributed by atoms with van der Waals surface area (Å²) < 4.78 is 13.7. The van der Waals surface area contributed by atoms with Crippen LogP contribution in [0.3, 0.4) is 0 Å². The molecule has 0 unspecified atom stereocenters. The third kappa shape index (κ3) is 3.26. The van der Waals surface area contributed by atoms with Crippen LogP contribution in [0.2, 0.25) is 0 Å². The lowest BCUT2D eigenvalue weighted by Crippen LogP contribution is -2.25. The minimum Gasteiger partial charge on any atom is -0.357 e. The lowest BCUT2D eigenvalue weighted by molar-refractivity contribution is 0.619. The zero-order valence-corrected chi connectivity index (χ0v) is 12.8. The average molecular weight is 289 g/mol. The normalized spacial score (nSPS) is 10.5. The van der Waals surface area contributed by atoms with Gasteiger partial charge in [0.05, 0.1) is 0 Å². The molecule has 5 nitrogen and oxygen atoms in total. The van der Waals surface area contributed by atoms with Crippen LogP contribution in [0.1, 0.15) is 19.4 Å². The SMILES string of the molecule is CCN(CC)c1nc(NC)nc(-c2ccc(C)c(F)c2)n1. The van der Waals surface area contributed by atoms with Crippen molar-refractivity contribution in [3.8, 4) is 11.4 Å². The average Bonchev–Trinajstić information content (AvgIpc) is 2.51. The molecule has 1 aromatic heterocycles. The number of hydrogen-bond donors (Lipinski definition) is 1. The summed E-state index contributed by atoms with van der Waals surface area (Å²) in [6.45, 7) is 7.40. The van der Waals surface area contributed by atoms with Gasteiger partial charge in [0.15, 0.2) is 5.82 Å². The minimum absolute atomic E-state index is 0.261. The zero-order chi connectivity index (χ0) is 15.4. The minimum atomic E-state index is -0.261. The molecule has 2 aromatic rings. The van der Waals surface area contributed by atoms with Gasteiger partial charge in [-0.3, -0.25) is 0 Å². The summed E-state index contributed by atoms with van der Waals surface area (Å²) in [7, 11) is 1.75. The highest BCUT2D eigenvalue weighted by Crippen LogP contribution is 2.21. The number of nitrogens with one attached hydrogen (secondary N) is 1. The number of benzene rings is 1. The molecule has 0 amide bonds. The summed E-state index contributed by atoms with van der Waals surface area (Å²) in [5.41, 5.74) is 1.25. The van der Waals surface area contributed by atoms with Crippen molar-refractivity contribution >= 4 is 11.9 Å². The van der Waals surface area contributed by atoms with E-state index in [0.29, 0.717) is 28.8 Å². The van der Waals surface area contributed by atoms with Gasteiger partial charge in [-0.15, -0.1) is 0 Å². The first kappa shape index (κ1) is 15.2. The third-order valence-electron chi connectivity index (χ3n) is 3.32. The molecule has 6 heteroatoms. The van der Waals surface area contributed by atoms with Crippen molar-refractivity contribution in [2.75, 3.05) is 30.4 Å². The van der Waals surface area contributed by atoms with Gasteiger partial charge in [0.2, 0.25) is 11.9 Å². The zero-order valence-electron chi connectivity index (χ0n) is 12.8. The van der Waals surface area contributed by atoms with E-state index in [-0.39, 0.29) is 5.82 Å². The predicted octanol–water partition coefficient (Wildman–Crippen LogP) is 2.87. The van der Waals surface area contributed by atoms with Crippen LogP contribution in [-0.2, 0) is 0 Å². The lowest BCUT2D eigenvalue weighted by atomic mass is 10.1. The molecule has 0 aliphatic rings. The van der Waals surface area contributed by atoms with Crippen molar-refractivity contribution in [1.29, 1.82) is 0 Å². The summed E-state index contributed by atoms with van der Waals surface area (Å²) in [5, 5.41) is 2.92. The second-order valence-electron chi connectivity index (χ2n) is 4.67. The Morgan fingerprint density at radius 3 is 2.43 bits per heavy atom. The van der Waals surface area contributed by atoms with Crippen LogP contribution in [-0.4, -0.2) is 35.1 Å². The molecular formula is C15H20FN5. The Kier molecular flexibility index (Phi) is 4.67. The van der Waals surface area contributed by atoms with Crippen LogP contribution in [0.15, 0.2) is 18.2 Å². The van der Waals surface area contributed by atoms with E-state index in [2.05, 4.69) is 20.3 Å². The highest BCUT2D eigenvalue weighted by Gasteiger charge is 2.12. The second kappa shape index (κ2) is 6.47. The van der Waals surface area contributed by atoms with E-state index in [1.807, 2.05) is 24.8 Å². The number of aryl methyl sites for hydroxylation is 1. The van der Waals surface area contributed by atoms with Crippen molar-refractivity contribution in [2.45, 2.75) is 20.8 Å². The van der Waals surface area contributed by atoms with Crippen LogP contribution in [0, 0.1) is 12.7 Å². The van der Waals surface area contributed by atoms with Crippen LogP contribution in [0.5, 0.6) is 0 Å². The lowest BCUT2D eigenvalue weighted by Gasteiger charge is -2.19. The van der Waals surface area contributed by atoms with E-state index in [1.54, 1.807) is 20.0 Å². The fourth-order valence-electron chi connectivity index (χ4n) is 1.99. The maximum Gasteiger partial charge on any atom is 0.230 e. The summed E-state index contributed by atoms with van der Waals surface area (Å²) in [4.78, 5) is 15.2. The predicted molar refractivity (Wildman–Crippen MR) is 83.1 cm³/mol. The third-order valence-corrected chi connectivity index (χ3v) is 3.32. The van der Waals surface area contributed by atoms with Gasteiger partial charge in [-0.1, -0.05) is 12.1 Å². The number of hydrogen-bond acceptors (Lipinski definition) is 5. The summed E-state index contributed by atoms with van der Waals surface area (Å²) in [6.07, 6.45) is 0. The van der Waals surface area contributed by atoms with Gasteiger partial charge < -0.3 is 10.2 Å². The van der Waals surface area contributed by atoms with Crippen molar-refractivity contribution < 1.29 is 4.39 Å². The summed E-state index contributed by atoms with van der Waals surface area (Å²) in [6, 6.07) is 5.00. The number of aromatic nitrogens is 3. The molecule has 2 rings (SSSR count). The Morgan fingerprint density at radius 1 is 1.14 bits per heavy atom. The molecule has 21 heavy (non-hydrogen) atoms. The Morgan fingerprint density at radius 2 is 1.86 bits per heavy atom. The molecule has 0 radical (unpaired) electrons. The fraction of sp³-hybridized carbons (Fsp3) is 0.400. The van der Waals surface area contributed by atoms with Gasteiger partial charge in [0, 0.05) is 25.7 Å². The molecule has 1 heterocycles. The van der Waals surface area contributed by atoms with Gasteiger partial charge in [-0.05, 0) is 32.4 Å². The van der Waals surface area contributed by atoms with E-state index in [9.17, 15) is 4.39 Å². The first-order valence-electron chi connectivity index (χ1n) is 7.04. The van der Waals surface area contributed by atoms with Gasteiger partial charge in [0.1, 0.15) is 5.82 Å². The number of rotatable bonds is 5. The van der Waals surface area contributed by atoms with E-state index in [4.69, 9.17) is 0 Å². The smallest absolute Gasteiger partial charge is 0.230 e. The Labute approximate surface area is 124 Å². The van der Waals surface area contributed by atoms with Gasteiger partial charge in [-0.25, -0.2) is 4.39 Å². The molecule has 112 valence electrons. The maximum absolute atomic E-state index is 13.7. The van der Waals surface area contributed by atoms with Gasteiger partial charge >= 0.3 is 0 Å². The molecule has 0 aliphatic heterocycles. The maximum atomic E-state index is 13.7. The molecule has 0 fully saturated rings. The molecule has 1 aromatic carbocycles. The van der Waals surface area contributed by atoms with Crippen LogP contribution >= 0.6 is 0 Å². The van der Waals surface area contributed by atoms with Crippen LogP contribution < -0.4 is 10.2 Å². The Balaban J connectivity index is 2.51. The highest BCUT2D eigenvalue weighted by atomic mass is 19.1. The standard InChI is InChI=1S/C15H20FN5/c1-5-21(6-2)15-19-13(18-14(17-4)20-15)11-8-7-10(3)12(16)9-11/h7-9H,5-6H2,1-4H3,(H,17,18,19,20). The Bertz CT molecular complexity index is 625. The number of halogens is 1. The van der Waals surface area contributed by atoms with Crippen molar-refractivity contribution in [2.24, 2.45) is 0 Å². The van der Waals surface area contributed by atoms with Gasteiger partial charge in [-0.2, -0.15) is 15.0 Å². The first-order chi connectivity index (χ1) is 10.1. The van der Waals surface area contributed by atoms with Gasteiger partial charge in [0.25, 0.3) is 0 Å². The molecular weight excluding hydrogens is 269 g/mol. The molecule has 0 spiro atoms. The van der Waals surface area contributed by atoms with Crippen LogP contribution in [0.4, 0.5) is 16.3 Å². The molecule has 0 saturated heterocycles. The Hall–Kier alpha value is -2.24. The summed E-state index contributed by atoms with van der Waals surface area (Å²) >= 11 is 0. The van der Waals surface area contributed by atoms with E-state index < -0.39 is 0 Å². The summed E-state index contributed by atoms with van der Waals surface area (Å²) in [5.74, 6) is 1.27. The van der Waals surface area contributed by atoms with Crippen molar-refractivity contribution in [3.05, 3.63) is 29.6 Å². The topological polar surface area (TPSA) is 53.9 Å². The number of anilines is 2. The van der Waals surface area contributed by atoms with Crippen molar-refractivity contribution in [1.82, 2.24) is 15.0 Å². The fourth-order valence-corrected chi connectivity index (χ4v) is 1.99. The highest BCUT2D eigenvalue weighted by molar-refractivity contribution is 5.59. The molecule has 0 atom stereocenters. The van der Waals surface area contributed by atoms with E-state index in [1.165, 1.54) is 6.07 Å². The quantitative estimate of drug-likeness (QED) is 0.917. The van der Waals surface area contributed by atoms with Crippen LogP contribution in [0.25, 0.3) is 11.4 Å². The molecule has 1 N–H and O–H groups in total. The van der Waals surface area contributed by atoms with E-state index >= 15 is 0 Å². The van der Waals surface area contributed by atoms with Crippen molar-refractivity contribution in [3.63, 3.8) is 0 Å². The molecule has 0 bridgehead atoms. The monoisotopic (exact) mass is 289 g/mol. The molecule has 0 saturated carbocycles. The number of nitrogens with zero attached hydrogens (tertiary/aromatic N) is 4.